The van der Waals surface area contributed by atoms with E-state index >= 15 is 0 Å². The summed E-state index contributed by atoms with van der Waals surface area (Å²) in [6, 6.07) is 19.2. The van der Waals surface area contributed by atoms with Crippen LogP contribution in [-0.4, -0.2) is 36.0 Å². The Kier molecular flexibility index (Phi) is 4.94. The molecule has 1 unspecified atom stereocenters. The molecule has 1 saturated heterocycles. The molecular weight excluding hydrogens is 302 g/mol. The number of rotatable bonds is 4. The standard InChI is InChI=1S/C20H21NO3/c1-2-24-20(23)21-14-13-17(22)19(21)18(15-9-5-3-6-10-15)16-11-7-4-8-12-16/h3-12,18-19H,2,13-14H2,1H3. The van der Waals surface area contributed by atoms with E-state index in [1.165, 1.54) is 0 Å². The second kappa shape index (κ2) is 7.30. The Morgan fingerprint density at radius 1 is 1.08 bits per heavy atom. The van der Waals surface area contributed by atoms with Crippen LogP contribution in [0.4, 0.5) is 4.79 Å². The first kappa shape index (κ1) is 16.2. The third kappa shape index (κ3) is 3.18. The van der Waals surface area contributed by atoms with E-state index in [1.54, 1.807) is 11.8 Å². The Balaban J connectivity index is 2.04. The van der Waals surface area contributed by atoms with Gasteiger partial charge in [-0.2, -0.15) is 0 Å². The fourth-order valence-electron chi connectivity index (χ4n) is 3.35. The van der Waals surface area contributed by atoms with Gasteiger partial charge in [-0.15, -0.1) is 0 Å². The van der Waals surface area contributed by atoms with Gasteiger partial charge in [0.1, 0.15) is 6.04 Å². The number of likely N-dealkylation sites (tertiary alicyclic amines) is 1. The first-order valence-corrected chi connectivity index (χ1v) is 8.28. The summed E-state index contributed by atoms with van der Waals surface area (Å²) < 4.78 is 5.16. The van der Waals surface area contributed by atoms with Crippen LogP contribution < -0.4 is 0 Å². The molecule has 4 nitrogen and oxygen atoms in total. The van der Waals surface area contributed by atoms with E-state index in [-0.39, 0.29) is 11.7 Å². The van der Waals surface area contributed by atoms with E-state index in [0.29, 0.717) is 19.6 Å². The van der Waals surface area contributed by atoms with Crippen molar-refractivity contribution in [3.05, 3.63) is 71.8 Å². The number of ether oxygens (including phenoxy) is 1. The van der Waals surface area contributed by atoms with Gasteiger partial charge in [0.15, 0.2) is 5.78 Å². The zero-order valence-electron chi connectivity index (χ0n) is 13.7. The highest BCUT2D eigenvalue weighted by Gasteiger charge is 2.42. The minimum atomic E-state index is -0.520. The SMILES string of the molecule is CCOC(=O)N1CCC(=O)C1C(c1ccccc1)c1ccccc1. The molecular formula is C20H21NO3. The van der Waals surface area contributed by atoms with Gasteiger partial charge in [-0.3, -0.25) is 9.69 Å². The van der Waals surface area contributed by atoms with Crippen LogP contribution in [0.25, 0.3) is 0 Å². The average Bonchev–Trinajstić information content (AvgIpc) is 2.99. The van der Waals surface area contributed by atoms with Crippen molar-refractivity contribution in [3.63, 3.8) is 0 Å². The molecule has 0 radical (unpaired) electrons. The fourth-order valence-corrected chi connectivity index (χ4v) is 3.35. The average molecular weight is 323 g/mol. The molecule has 24 heavy (non-hydrogen) atoms. The van der Waals surface area contributed by atoms with Crippen molar-refractivity contribution in [1.82, 2.24) is 4.90 Å². The molecule has 1 aliphatic heterocycles. The normalized spacial score (nSPS) is 17.3. The minimum Gasteiger partial charge on any atom is -0.450 e. The summed E-state index contributed by atoms with van der Waals surface area (Å²) in [5.74, 6) is -0.104. The van der Waals surface area contributed by atoms with Gasteiger partial charge in [-0.05, 0) is 18.1 Å². The maximum absolute atomic E-state index is 12.6. The molecule has 0 spiro atoms. The summed E-state index contributed by atoms with van der Waals surface area (Å²) in [5.41, 5.74) is 2.05. The highest BCUT2D eigenvalue weighted by atomic mass is 16.6. The number of benzene rings is 2. The summed E-state index contributed by atoms with van der Waals surface area (Å²) in [6.07, 6.45) is -0.0372. The van der Waals surface area contributed by atoms with Gasteiger partial charge in [0, 0.05) is 18.9 Å². The van der Waals surface area contributed by atoms with Crippen molar-refractivity contribution in [2.45, 2.75) is 25.3 Å². The van der Waals surface area contributed by atoms with Gasteiger partial charge in [0.25, 0.3) is 0 Å². The van der Waals surface area contributed by atoms with E-state index in [0.717, 1.165) is 11.1 Å². The van der Waals surface area contributed by atoms with E-state index in [9.17, 15) is 9.59 Å². The molecule has 0 aromatic heterocycles. The van der Waals surface area contributed by atoms with Gasteiger partial charge < -0.3 is 4.74 Å². The smallest absolute Gasteiger partial charge is 0.410 e. The van der Waals surface area contributed by atoms with Crippen molar-refractivity contribution in [3.8, 4) is 0 Å². The fraction of sp³-hybridized carbons (Fsp3) is 0.300. The first-order valence-electron chi connectivity index (χ1n) is 8.28. The molecule has 2 aromatic carbocycles. The van der Waals surface area contributed by atoms with Gasteiger partial charge in [-0.25, -0.2) is 4.79 Å². The second-order valence-corrected chi connectivity index (χ2v) is 5.85. The lowest BCUT2D eigenvalue weighted by atomic mass is 9.83. The maximum atomic E-state index is 12.6. The van der Waals surface area contributed by atoms with Crippen LogP contribution in [0.3, 0.4) is 0 Å². The van der Waals surface area contributed by atoms with Crippen LogP contribution in [0.15, 0.2) is 60.7 Å². The highest BCUT2D eigenvalue weighted by molar-refractivity contribution is 5.92. The lowest BCUT2D eigenvalue weighted by Gasteiger charge is -2.30. The van der Waals surface area contributed by atoms with Crippen molar-refractivity contribution < 1.29 is 14.3 Å². The van der Waals surface area contributed by atoms with Crippen LogP contribution >= 0.6 is 0 Å². The monoisotopic (exact) mass is 323 g/mol. The van der Waals surface area contributed by atoms with Gasteiger partial charge in [0.05, 0.1) is 6.61 Å². The largest absolute Gasteiger partial charge is 0.450 e. The Morgan fingerprint density at radius 2 is 1.62 bits per heavy atom. The number of nitrogens with zero attached hydrogens (tertiary/aromatic N) is 1. The molecule has 1 amide bonds. The number of Topliss-reactive ketones (excluding diaryl/α,β-unsaturated/α-hetero) is 1. The van der Waals surface area contributed by atoms with Gasteiger partial charge in [0.2, 0.25) is 0 Å². The van der Waals surface area contributed by atoms with E-state index < -0.39 is 12.1 Å². The van der Waals surface area contributed by atoms with Crippen molar-refractivity contribution in [1.29, 1.82) is 0 Å². The number of carbonyl (C=O) groups excluding carboxylic acids is 2. The van der Waals surface area contributed by atoms with Crippen LogP contribution in [0, 0.1) is 0 Å². The lowest BCUT2D eigenvalue weighted by Crippen LogP contribution is -2.42. The van der Waals surface area contributed by atoms with Gasteiger partial charge >= 0.3 is 6.09 Å². The van der Waals surface area contributed by atoms with Crippen LogP contribution in [0.1, 0.15) is 30.4 Å². The van der Waals surface area contributed by atoms with Crippen LogP contribution in [-0.2, 0) is 9.53 Å². The van der Waals surface area contributed by atoms with Crippen molar-refractivity contribution in [2.75, 3.05) is 13.2 Å². The summed E-state index contributed by atoms with van der Waals surface area (Å²) in [6.45, 7) is 2.49. The molecule has 1 heterocycles. The third-order valence-electron chi connectivity index (χ3n) is 4.40. The molecule has 4 heteroatoms. The number of ketones is 1. The summed E-state index contributed by atoms with van der Waals surface area (Å²) >= 11 is 0. The molecule has 0 N–H and O–H groups in total. The molecule has 1 fully saturated rings. The van der Waals surface area contributed by atoms with E-state index in [2.05, 4.69) is 0 Å². The zero-order chi connectivity index (χ0) is 16.9. The quantitative estimate of drug-likeness (QED) is 0.863. The predicted octanol–water partition coefficient (Wildman–Crippen LogP) is 3.62. The van der Waals surface area contributed by atoms with Crippen LogP contribution in [0.5, 0.6) is 0 Å². The molecule has 124 valence electrons. The van der Waals surface area contributed by atoms with Gasteiger partial charge in [-0.1, -0.05) is 60.7 Å². The molecule has 3 rings (SSSR count). The Labute approximate surface area is 142 Å². The first-order chi connectivity index (χ1) is 11.7. The summed E-state index contributed by atoms with van der Waals surface area (Å²) in [4.78, 5) is 26.5. The molecule has 0 bridgehead atoms. The predicted molar refractivity (Wildman–Crippen MR) is 91.9 cm³/mol. The third-order valence-corrected chi connectivity index (χ3v) is 4.40. The summed E-state index contributed by atoms with van der Waals surface area (Å²) in [5, 5.41) is 0. The Morgan fingerprint density at radius 3 is 2.12 bits per heavy atom. The minimum absolute atomic E-state index is 0.0840. The molecule has 1 atom stereocenters. The van der Waals surface area contributed by atoms with E-state index in [1.807, 2.05) is 60.7 Å². The Bertz CT molecular complexity index is 660. The summed E-state index contributed by atoms with van der Waals surface area (Å²) in [7, 11) is 0. The van der Waals surface area contributed by atoms with Crippen LogP contribution in [0.2, 0.25) is 0 Å². The molecule has 0 saturated carbocycles. The topological polar surface area (TPSA) is 46.6 Å². The number of hydrogen-bond acceptors (Lipinski definition) is 3. The van der Waals surface area contributed by atoms with Crippen molar-refractivity contribution in [2.24, 2.45) is 0 Å². The number of hydrogen-bond donors (Lipinski definition) is 0. The maximum Gasteiger partial charge on any atom is 0.410 e. The van der Waals surface area contributed by atoms with Crippen molar-refractivity contribution >= 4 is 11.9 Å². The number of amides is 1. The second-order valence-electron chi connectivity index (χ2n) is 5.85. The zero-order valence-corrected chi connectivity index (χ0v) is 13.7. The molecule has 1 aliphatic rings. The highest BCUT2D eigenvalue weighted by Crippen LogP contribution is 2.35. The molecule has 0 aliphatic carbocycles. The molecule has 2 aromatic rings. The van der Waals surface area contributed by atoms with E-state index in [4.69, 9.17) is 4.74 Å². The Hall–Kier alpha value is -2.62. The number of carbonyl (C=O) groups is 2. The lowest BCUT2D eigenvalue weighted by molar-refractivity contribution is -0.120.